The summed E-state index contributed by atoms with van der Waals surface area (Å²) in [5.74, 6) is 0. The van der Waals surface area contributed by atoms with E-state index in [0.717, 1.165) is 0 Å². The number of rotatable bonds is 3. The third-order valence-corrected chi connectivity index (χ3v) is 10.9. The van der Waals surface area contributed by atoms with Gasteiger partial charge in [0.1, 0.15) is 0 Å². The summed E-state index contributed by atoms with van der Waals surface area (Å²) in [4.78, 5) is 0. The first-order valence-corrected chi connectivity index (χ1v) is 17.4. The summed E-state index contributed by atoms with van der Waals surface area (Å²) in [6.07, 6.45) is 0. The van der Waals surface area contributed by atoms with Crippen molar-refractivity contribution in [2.24, 2.45) is 0 Å². The lowest BCUT2D eigenvalue weighted by atomic mass is 9.89. The monoisotopic (exact) mass is 630 g/mol. The van der Waals surface area contributed by atoms with Crippen LogP contribution in [0.5, 0.6) is 0 Å². The van der Waals surface area contributed by atoms with Gasteiger partial charge in [0, 0.05) is 0 Å². The summed E-state index contributed by atoms with van der Waals surface area (Å²) in [5, 5.41) is 12.9. The summed E-state index contributed by atoms with van der Waals surface area (Å²) >= 11 is 0. The summed E-state index contributed by atoms with van der Waals surface area (Å²) < 4.78 is 0. The Hall–Kier alpha value is -6.50. The minimum absolute atomic E-state index is 1.23. The van der Waals surface area contributed by atoms with Gasteiger partial charge >= 0.3 is 0 Å². The van der Waals surface area contributed by atoms with Gasteiger partial charge in [-0.25, -0.2) is 0 Å². The molecule has 0 bridgehead atoms. The second-order valence-electron chi connectivity index (χ2n) is 13.7. The van der Waals surface area contributed by atoms with E-state index in [1.165, 1.54) is 109 Å². The molecule has 0 saturated carbocycles. The normalized spacial score (nSPS) is 12.0. The number of fused-ring (bicyclic) bond motifs is 9. The highest BCUT2D eigenvalue weighted by Gasteiger charge is 2.21. The van der Waals surface area contributed by atoms with Crippen LogP contribution < -0.4 is 0 Å². The molecule has 10 aromatic carbocycles. The van der Waals surface area contributed by atoms with E-state index in [4.69, 9.17) is 0 Å². The average molecular weight is 631 g/mol. The molecule has 1 aliphatic rings. The van der Waals surface area contributed by atoms with Crippen LogP contribution in [0.2, 0.25) is 0 Å². The smallest absolute Gasteiger partial charge is 0.00259 e. The van der Waals surface area contributed by atoms with E-state index < -0.39 is 0 Å². The van der Waals surface area contributed by atoms with Crippen LogP contribution >= 0.6 is 0 Å². The lowest BCUT2D eigenvalue weighted by Crippen LogP contribution is -1.87. The maximum absolute atomic E-state index is 2.39. The zero-order chi connectivity index (χ0) is 32.8. The largest absolute Gasteiger partial charge is 0.0616 e. The fourth-order valence-electron chi connectivity index (χ4n) is 8.57. The van der Waals surface area contributed by atoms with Crippen molar-refractivity contribution < 1.29 is 0 Å². The molecule has 0 spiro atoms. The van der Waals surface area contributed by atoms with Crippen LogP contribution in [-0.2, 0) is 0 Å². The van der Waals surface area contributed by atoms with E-state index in [0.29, 0.717) is 0 Å². The van der Waals surface area contributed by atoms with Crippen molar-refractivity contribution >= 4 is 53.9 Å². The standard InChI is InChI=1S/C50H30/c1-2-13-41-31(9-1)19-24-39-29-47(44-16-5-6-17-45(44)49(39)41)37-11-7-10-32(27-37)33-20-21-35-26-36(23-22-34(35)25-33)40-28-38-12-8-18-46-42-14-3-4-15-43(42)48(30-40)50(38)46/h1-30H. The number of hydrogen-bond acceptors (Lipinski definition) is 0. The second-order valence-corrected chi connectivity index (χ2v) is 13.7. The Morgan fingerprint density at radius 3 is 1.58 bits per heavy atom. The zero-order valence-electron chi connectivity index (χ0n) is 27.3. The molecule has 1 aliphatic carbocycles. The molecule has 10 aromatic rings. The van der Waals surface area contributed by atoms with Gasteiger partial charge in [0.2, 0.25) is 0 Å². The molecule has 0 heterocycles. The van der Waals surface area contributed by atoms with Crippen molar-refractivity contribution in [1.82, 2.24) is 0 Å². The Morgan fingerprint density at radius 2 is 0.740 bits per heavy atom. The molecule has 0 amide bonds. The molecule has 50 heavy (non-hydrogen) atoms. The molecular weight excluding hydrogens is 601 g/mol. The van der Waals surface area contributed by atoms with Crippen LogP contribution in [-0.4, -0.2) is 0 Å². The Balaban J connectivity index is 0.996. The fourth-order valence-corrected chi connectivity index (χ4v) is 8.57. The maximum Gasteiger partial charge on any atom is -0.00259 e. The lowest BCUT2D eigenvalue weighted by Gasteiger charge is -2.14. The topological polar surface area (TPSA) is 0 Å². The average Bonchev–Trinajstić information content (AvgIpc) is 3.51. The van der Waals surface area contributed by atoms with Gasteiger partial charge in [-0.2, -0.15) is 0 Å². The molecule has 0 atom stereocenters. The Labute approximate surface area is 290 Å². The minimum Gasteiger partial charge on any atom is -0.0616 e. The highest BCUT2D eigenvalue weighted by molar-refractivity contribution is 6.23. The summed E-state index contributed by atoms with van der Waals surface area (Å²) in [5.41, 5.74) is 12.8. The first-order valence-electron chi connectivity index (χ1n) is 17.4. The number of hydrogen-bond donors (Lipinski definition) is 0. The van der Waals surface area contributed by atoms with Gasteiger partial charge in [-0.3, -0.25) is 0 Å². The molecular formula is C50H30. The molecule has 230 valence electrons. The Kier molecular flexibility index (Phi) is 5.76. The highest BCUT2D eigenvalue weighted by atomic mass is 14.2. The van der Waals surface area contributed by atoms with Crippen LogP contribution in [0.25, 0.3) is 109 Å². The third kappa shape index (κ3) is 4.06. The fraction of sp³-hybridized carbons (Fsp3) is 0. The quantitative estimate of drug-likeness (QED) is 0.170. The molecule has 0 saturated heterocycles. The van der Waals surface area contributed by atoms with Crippen molar-refractivity contribution in [3.05, 3.63) is 182 Å². The van der Waals surface area contributed by atoms with Crippen molar-refractivity contribution in [1.29, 1.82) is 0 Å². The van der Waals surface area contributed by atoms with E-state index in [1.807, 2.05) is 0 Å². The molecule has 0 fully saturated rings. The van der Waals surface area contributed by atoms with E-state index in [9.17, 15) is 0 Å². The molecule has 0 unspecified atom stereocenters. The predicted molar refractivity (Wildman–Crippen MR) is 215 cm³/mol. The van der Waals surface area contributed by atoms with E-state index in [1.54, 1.807) is 0 Å². The predicted octanol–water partition coefficient (Wildman–Crippen LogP) is 14.1. The van der Waals surface area contributed by atoms with Crippen LogP contribution in [0.4, 0.5) is 0 Å². The van der Waals surface area contributed by atoms with Gasteiger partial charge < -0.3 is 0 Å². The van der Waals surface area contributed by atoms with Crippen LogP contribution in [0.3, 0.4) is 0 Å². The molecule has 0 nitrogen and oxygen atoms in total. The van der Waals surface area contributed by atoms with E-state index in [2.05, 4.69) is 182 Å². The molecule has 0 radical (unpaired) electrons. The van der Waals surface area contributed by atoms with Gasteiger partial charge in [0.15, 0.2) is 0 Å². The van der Waals surface area contributed by atoms with Gasteiger partial charge in [-0.15, -0.1) is 0 Å². The zero-order valence-corrected chi connectivity index (χ0v) is 27.3. The minimum atomic E-state index is 1.23. The van der Waals surface area contributed by atoms with Gasteiger partial charge in [-0.05, 0) is 146 Å². The van der Waals surface area contributed by atoms with Crippen molar-refractivity contribution in [3.63, 3.8) is 0 Å². The van der Waals surface area contributed by atoms with Crippen molar-refractivity contribution in [2.45, 2.75) is 0 Å². The molecule has 11 rings (SSSR count). The Morgan fingerprint density at radius 1 is 0.200 bits per heavy atom. The Bertz CT molecular complexity index is 3030. The lowest BCUT2D eigenvalue weighted by molar-refractivity contribution is 1.62. The summed E-state index contributed by atoms with van der Waals surface area (Å²) in [6, 6.07) is 67.6. The van der Waals surface area contributed by atoms with Crippen molar-refractivity contribution in [3.8, 4) is 55.6 Å². The third-order valence-electron chi connectivity index (χ3n) is 10.9. The SMILES string of the molecule is c1cc(-c2ccc3cc(-c4cc5c6c(cccc6c4)-c4ccccc4-5)ccc3c2)cc(-c2cc3ccc4ccccc4c3c3ccccc23)c1. The van der Waals surface area contributed by atoms with Gasteiger partial charge in [0.25, 0.3) is 0 Å². The van der Waals surface area contributed by atoms with Gasteiger partial charge in [0.05, 0.1) is 0 Å². The first-order chi connectivity index (χ1) is 24.8. The van der Waals surface area contributed by atoms with Crippen LogP contribution in [0.15, 0.2) is 182 Å². The first kappa shape index (κ1) is 27.5. The van der Waals surface area contributed by atoms with E-state index in [-0.39, 0.29) is 0 Å². The highest BCUT2D eigenvalue weighted by Crippen LogP contribution is 2.48. The molecule has 0 aromatic heterocycles. The molecule has 0 N–H and O–H groups in total. The number of benzene rings is 10. The van der Waals surface area contributed by atoms with Crippen molar-refractivity contribution in [2.75, 3.05) is 0 Å². The second kappa shape index (κ2) is 10.5. The summed E-state index contributed by atoms with van der Waals surface area (Å²) in [7, 11) is 0. The maximum atomic E-state index is 2.39. The molecule has 0 heteroatoms. The van der Waals surface area contributed by atoms with Crippen LogP contribution in [0, 0.1) is 0 Å². The van der Waals surface area contributed by atoms with Crippen LogP contribution in [0.1, 0.15) is 0 Å². The summed E-state index contributed by atoms with van der Waals surface area (Å²) in [6.45, 7) is 0. The molecule has 0 aliphatic heterocycles. The van der Waals surface area contributed by atoms with E-state index >= 15 is 0 Å². The van der Waals surface area contributed by atoms with Gasteiger partial charge in [-0.1, -0.05) is 146 Å².